The third kappa shape index (κ3) is 2.34. The molecule has 3 aromatic carbocycles. The van der Waals surface area contributed by atoms with E-state index in [1.807, 2.05) is 18.2 Å². The second kappa shape index (κ2) is 5.29. The molecule has 6 nitrogen and oxygen atoms in total. The number of benzene rings is 2. The lowest BCUT2D eigenvalue weighted by Gasteiger charge is -2.19. The van der Waals surface area contributed by atoms with Crippen LogP contribution in [0.15, 0.2) is 56.9 Å². The number of fused-ring (bicyclic) bond motifs is 1. The van der Waals surface area contributed by atoms with Crippen LogP contribution >= 0.6 is 0 Å². The van der Waals surface area contributed by atoms with Crippen molar-refractivity contribution < 1.29 is 8.42 Å². The largest absolute Gasteiger partial charge is 0.395 e. The van der Waals surface area contributed by atoms with Crippen LogP contribution in [0.5, 0.6) is 0 Å². The van der Waals surface area contributed by atoms with E-state index < -0.39 is 20.9 Å². The van der Waals surface area contributed by atoms with Crippen molar-refractivity contribution in [3.63, 3.8) is 0 Å². The number of nitrogens with zero attached hydrogens (tertiary/aromatic N) is 1. The number of sulfonamides is 1. The highest BCUT2D eigenvalue weighted by Gasteiger charge is 2.27. The van der Waals surface area contributed by atoms with Gasteiger partial charge in [-0.3, -0.25) is 9.59 Å². The molecule has 3 rings (SSSR count). The second-order valence-corrected chi connectivity index (χ2v) is 7.30. The average molecular weight is 330 g/mol. The van der Waals surface area contributed by atoms with Gasteiger partial charge in [-0.2, -0.15) is 4.31 Å². The standard InChI is InChI=1S/C16H14N2O4S/c1-18(9-12-14(17)16(20)15(12)19)23(21,22)13-8-4-6-10-5-2-3-7-11(10)13/h2-8H,9,17H2,1H3. The van der Waals surface area contributed by atoms with Crippen LogP contribution in [0.25, 0.3) is 10.8 Å². The molecule has 0 aliphatic rings. The van der Waals surface area contributed by atoms with Gasteiger partial charge in [0.1, 0.15) is 0 Å². The summed E-state index contributed by atoms with van der Waals surface area (Å²) in [5.41, 5.74) is 3.88. The zero-order valence-corrected chi connectivity index (χ0v) is 13.1. The van der Waals surface area contributed by atoms with Crippen LogP contribution in [-0.2, 0) is 16.6 Å². The molecule has 0 saturated heterocycles. The monoisotopic (exact) mass is 330 g/mol. The first kappa shape index (κ1) is 15.4. The molecule has 0 atom stereocenters. The summed E-state index contributed by atoms with van der Waals surface area (Å²) in [7, 11) is -2.47. The van der Waals surface area contributed by atoms with Gasteiger partial charge < -0.3 is 5.73 Å². The van der Waals surface area contributed by atoms with E-state index in [-0.39, 0.29) is 22.7 Å². The average Bonchev–Trinajstić information content (AvgIpc) is 2.57. The highest BCUT2D eigenvalue weighted by atomic mass is 32.2. The summed E-state index contributed by atoms with van der Waals surface area (Å²) in [6.45, 7) is -0.220. The fourth-order valence-corrected chi connectivity index (χ4v) is 3.86. The summed E-state index contributed by atoms with van der Waals surface area (Å²) in [5.74, 6) is 0. The zero-order valence-electron chi connectivity index (χ0n) is 12.3. The normalized spacial score (nSPS) is 12.3. The van der Waals surface area contributed by atoms with E-state index in [0.717, 1.165) is 9.69 Å². The molecule has 0 aliphatic heterocycles. The summed E-state index contributed by atoms with van der Waals surface area (Å²) >= 11 is 0. The third-order valence-corrected chi connectivity index (χ3v) is 5.73. The van der Waals surface area contributed by atoms with Gasteiger partial charge >= 0.3 is 0 Å². The molecule has 0 aromatic heterocycles. The van der Waals surface area contributed by atoms with Crippen molar-refractivity contribution >= 4 is 26.5 Å². The topological polar surface area (TPSA) is 97.5 Å². The van der Waals surface area contributed by atoms with Crippen LogP contribution in [-0.4, -0.2) is 19.8 Å². The van der Waals surface area contributed by atoms with E-state index in [9.17, 15) is 18.0 Å². The lowest BCUT2D eigenvalue weighted by Crippen LogP contribution is -2.41. The third-order valence-electron chi connectivity index (χ3n) is 3.87. The molecular weight excluding hydrogens is 316 g/mol. The van der Waals surface area contributed by atoms with Gasteiger partial charge in [-0.25, -0.2) is 8.42 Å². The van der Waals surface area contributed by atoms with E-state index in [4.69, 9.17) is 5.73 Å². The Hall–Kier alpha value is -2.51. The van der Waals surface area contributed by atoms with Crippen molar-refractivity contribution in [2.24, 2.45) is 0 Å². The van der Waals surface area contributed by atoms with Crippen LogP contribution in [0.4, 0.5) is 5.69 Å². The quantitative estimate of drug-likeness (QED) is 0.715. The Morgan fingerprint density at radius 1 is 1.00 bits per heavy atom. The van der Waals surface area contributed by atoms with Crippen molar-refractivity contribution in [2.75, 3.05) is 12.8 Å². The number of anilines is 1. The highest BCUT2D eigenvalue weighted by molar-refractivity contribution is 7.89. The molecule has 0 aliphatic carbocycles. The first-order valence-corrected chi connectivity index (χ1v) is 8.30. The molecule has 0 fully saturated rings. The SMILES string of the molecule is CN(Cc1c(N)c(=O)c1=O)S(=O)(=O)c1cccc2ccccc12. The summed E-state index contributed by atoms with van der Waals surface area (Å²) in [6, 6.07) is 12.1. The molecular formula is C16H14N2O4S. The molecule has 3 aromatic rings. The minimum atomic E-state index is -3.82. The van der Waals surface area contributed by atoms with E-state index in [1.165, 1.54) is 13.1 Å². The Morgan fingerprint density at radius 2 is 1.65 bits per heavy atom. The molecule has 0 spiro atoms. The number of hydrogen-bond donors (Lipinski definition) is 1. The molecule has 118 valence electrons. The molecule has 0 amide bonds. The van der Waals surface area contributed by atoms with Crippen LogP contribution in [0.1, 0.15) is 5.56 Å². The summed E-state index contributed by atoms with van der Waals surface area (Å²) in [5, 5.41) is 1.40. The molecule has 0 saturated carbocycles. The Morgan fingerprint density at radius 3 is 2.35 bits per heavy atom. The first-order chi connectivity index (χ1) is 10.8. The molecule has 7 heteroatoms. The van der Waals surface area contributed by atoms with Crippen molar-refractivity contribution in [3.05, 3.63) is 68.5 Å². The zero-order chi connectivity index (χ0) is 16.8. The Kier molecular flexibility index (Phi) is 3.54. The van der Waals surface area contributed by atoms with Gasteiger partial charge in [-0.1, -0.05) is 36.4 Å². The van der Waals surface area contributed by atoms with Gasteiger partial charge in [0, 0.05) is 24.5 Å². The van der Waals surface area contributed by atoms with Crippen LogP contribution < -0.4 is 16.6 Å². The number of rotatable bonds is 4. The van der Waals surface area contributed by atoms with Crippen molar-refractivity contribution in [1.29, 1.82) is 0 Å². The van der Waals surface area contributed by atoms with Gasteiger partial charge in [0.2, 0.25) is 20.9 Å². The lowest BCUT2D eigenvalue weighted by molar-refractivity contribution is 0.466. The Bertz CT molecular complexity index is 1070. The van der Waals surface area contributed by atoms with Gasteiger partial charge in [0.15, 0.2) is 0 Å². The van der Waals surface area contributed by atoms with E-state index in [1.54, 1.807) is 18.2 Å². The number of hydrogen-bond acceptors (Lipinski definition) is 5. The number of nitrogen functional groups attached to an aromatic ring is 1. The van der Waals surface area contributed by atoms with Gasteiger partial charge in [-0.15, -0.1) is 0 Å². The van der Waals surface area contributed by atoms with Crippen molar-refractivity contribution in [2.45, 2.75) is 11.4 Å². The smallest absolute Gasteiger partial charge is 0.249 e. The van der Waals surface area contributed by atoms with Crippen molar-refractivity contribution in [3.8, 4) is 0 Å². The van der Waals surface area contributed by atoms with Gasteiger partial charge in [0.25, 0.3) is 0 Å². The van der Waals surface area contributed by atoms with E-state index >= 15 is 0 Å². The lowest BCUT2D eigenvalue weighted by atomic mass is 10.1. The number of nitrogens with two attached hydrogens (primary N) is 1. The molecule has 0 heterocycles. The van der Waals surface area contributed by atoms with Crippen LogP contribution in [0.3, 0.4) is 0 Å². The maximum atomic E-state index is 12.8. The van der Waals surface area contributed by atoms with Crippen molar-refractivity contribution in [1.82, 2.24) is 4.31 Å². The Labute approximate surface area is 132 Å². The minimum Gasteiger partial charge on any atom is -0.395 e. The second-order valence-electron chi connectivity index (χ2n) is 5.29. The highest BCUT2D eigenvalue weighted by Crippen LogP contribution is 2.26. The van der Waals surface area contributed by atoms with E-state index in [2.05, 4.69) is 0 Å². The molecule has 2 N–H and O–H groups in total. The molecule has 0 radical (unpaired) electrons. The minimum absolute atomic E-state index is 0.0429. The summed E-state index contributed by atoms with van der Waals surface area (Å²) in [6.07, 6.45) is 0. The molecule has 0 unspecified atom stereocenters. The van der Waals surface area contributed by atoms with Gasteiger partial charge in [-0.05, 0) is 11.5 Å². The first-order valence-electron chi connectivity index (χ1n) is 6.86. The Balaban J connectivity index is 2.04. The molecule has 23 heavy (non-hydrogen) atoms. The maximum absolute atomic E-state index is 12.8. The molecule has 0 bridgehead atoms. The fourth-order valence-electron chi connectivity index (χ4n) is 2.51. The fraction of sp³-hybridized carbons (Fsp3) is 0.125. The predicted octanol–water partition coefficient (Wildman–Crippen LogP) is 0.839. The van der Waals surface area contributed by atoms with Gasteiger partial charge in [0.05, 0.1) is 10.6 Å². The summed E-state index contributed by atoms with van der Waals surface area (Å²) < 4.78 is 26.6. The maximum Gasteiger partial charge on any atom is 0.249 e. The van der Waals surface area contributed by atoms with Crippen LogP contribution in [0, 0.1) is 0 Å². The van der Waals surface area contributed by atoms with Crippen LogP contribution in [0.2, 0.25) is 0 Å². The van der Waals surface area contributed by atoms with E-state index in [0.29, 0.717) is 5.39 Å². The predicted molar refractivity (Wildman–Crippen MR) is 88.4 cm³/mol. The summed E-state index contributed by atoms with van der Waals surface area (Å²) in [4.78, 5) is 22.8.